The van der Waals surface area contributed by atoms with E-state index in [-0.39, 0.29) is 6.04 Å². The molecule has 0 aromatic carbocycles. The van der Waals surface area contributed by atoms with Gasteiger partial charge in [0.25, 0.3) is 0 Å². The van der Waals surface area contributed by atoms with Gasteiger partial charge in [-0.2, -0.15) is 0 Å². The first kappa shape index (κ1) is 9.92. The normalized spacial score (nSPS) is 18.0. The predicted octanol–water partition coefficient (Wildman–Crippen LogP) is 0.953. The van der Waals surface area contributed by atoms with Crippen LogP contribution < -0.4 is 11.1 Å². The van der Waals surface area contributed by atoms with E-state index in [1.807, 2.05) is 19.1 Å². The largest absolute Gasteiger partial charge is 0.352 e. The lowest BCUT2D eigenvalue weighted by Gasteiger charge is -2.19. The summed E-state index contributed by atoms with van der Waals surface area (Å²) in [4.78, 5) is 10.5. The average molecular weight is 202 g/mol. The van der Waals surface area contributed by atoms with Gasteiger partial charge in [0.1, 0.15) is 0 Å². The van der Waals surface area contributed by atoms with Crippen molar-refractivity contribution >= 4 is 17.8 Å². The van der Waals surface area contributed by atoms with Gasteiger partial charge < -0.3 is 11.1 Å². The fourth-order valence-electron chi connectivity index (χ4n) is 1.11. The van der Waals surface area contributed by atoms with Crippen LogP contribution >= 0.6 is 11.8 Å². The summed E-state index contributed by atoms with van der Waals surface area (Å²) < 4.78 is 1.53. The SMILES string of the molecule is C[C@H](NC(N)=O)C1=CCN(Cl)C=C1. The van der Waals surface area contributed by atoms with Crippen molar-refractivity contribution in [1.29, 1.82) is 0 Å². The molecule has 0 unspecified atom stereocenters. The summed E-state index contributed by atoms with van der Waals surface area (Å²) in [5, 5.41) is 2.58. The molecule has 1 rings (SSSR count). The Kier molecular flexibility index (Phi) is 3.19. The lowest BCUT2D eigenvalue weighted by atomic mass is 10.1. The number of halogens is 1. The minimum absolute atomic E-state index is 0.0703. The van der Waals surface area contributed by atoms with Gasteiger partial charge in [-0.25, -0.2) is 4.79 Å². The number of carbonyl (C=O) groups excluding carboxylic acids is 1. The highest BCUT2D eigenvalue weighted by molar-refractivity contribution is 6.14. The fraction of sp³-hybridized carbons (Fsp3) is 0.375. The minimum atomic E-state index is -0.518. The molecular weight excluding hydrogens is 190 g/mol. The fourth-order valence-corrected chi connectivity index (χ4v) is 1.23. The molecule has 0 radical (unpaired) electrons. The molecule has 72 valence electrons. The van der Waals surface area contributed by atoms with Crippen molar-refractivity contribution in [3.05, 3.63) is 23.9 Å². The number of nitrogens with two attached hydrogens (primary N) is 1. The highest BCUT2D eigenvalue weighted by Crippen LogP contribution is 2.11. The van der Waals surface area contributed by atoms with Gasteiger partial charge in [-0.15, -0.1) is 0 Å². The van der Waals surface area contributed by atoms with Crippen LogP contribution in [0.4, 0.5) is 4.79 Å². The summed E-state index contributed by atoms with van der Waals surface area (Å²) >= 11 is 5.68. The molecule has 4 nitrogen and oxygen atoms in total. The van der Waals surface area contributed by atoms with Crippen molar-refractivity contribution in [2.24, 2.45) is 5.73 Å². The van der Waals surface area contributed by atoms with Crippen molar-refractivity contribution in [3.8, 4) is 0 Å². The van der Waals surface area contributed by atoms with Crippen LogP contribution in [0.15, 0.2) is 23.9 Å². The molecule has 0 aliphatic carbocycles. The van der Waals surface area contributed by atoms with E-state index in [0.29, 0.717) is 6.54 Å². The van der Waals surface area contributed by atoms with Gasteiger partial charge in [0, 0.05) is 18.0 Å². The molecule has 5 heteroatoms. The van der Waals surface area contributed by atoms with Gasteiger partial charge in [0.15, 0.2) is 0 Å². The van der Waals surface area contributed by atoms with E-state index >= 15 is 0 Å². The first-order valence-electron chi connectivity index (χ1n) is 3.96. The molecule has 0 spiro atoms. The van der Waals surface area contributed by atoms with Crippen LogP contribution in [0.3, 0.4) is 0 Å². The van der Waals surface area contributed by atoms with Crippen molar-refractivity contribution in [3.63, 3.8) is 0 Å². The molecule has 13 heavy (non-hydrogen) atoms. The molecule has 0 aromatic rings. The highest BCUT2D eigenvalue weighted by atomic mass is 35.5. The molecule has 1 atom stereocenters. The monoisotopic (exact) mass is 201 g/mol. The Labute approximate surface area is 82.1 Å². The second-order valence-corrected chi connectivity index (χ2v) is 3.27. The molecule has 0 bridgehead atoms. The maximum Gasteiger partial charge on any atom is 0.312 e. The molecule has 1 heterocycles. The van der Waals surface area contributed by atoms with Gasteiger partial charge in [-0.05, 0) is 18.6 Å². The number of hydrogen-bond donors (Lipinski definition) is 2. The van der Waals surface area contributed by atoms with Crippen LogP contribution in [0.5, 0.6) is 0 Å². The Morgan fingerprint density at radius 2 is 2.54 bits per heavy atom. The number of urea groups is 1. The Bertz CT molecular complexity index is 262. The number of rotatable bonds is 2. The van der Waals surface area contributed by atoms with Crippen LogP contribution in [-0.2, 0) is 0 Å². The van der Waals surface area contributed by atoms with Crippen molar-refractivity contribution < 1.29 is 4.79 Å². The Morgan fingerprint density at radius 3 is 3.00 bits per heavy atom. The lowest BCUT2D eigenvalue weighted by molar-refractivity contribution is 0.247. The Hall–Kier alpha value is -1.16. The first-order valence-corrected chi connectivity index (χ1v) is 4.30. The smallest absolute Gasteiger partial charge is 0.312 e. The number of carbonyl (C=O) groups is 1. The van der Waals surface area contributed by atoms with Gasteiger partial charge in [0.05, 0.1) is 12.6 Å². The maximum atomic E-state index is 10.5. The number of primary amides is 1. The number of nitrogens with one attached hydrogen (secondary N) is 1. The zero-order valence-electron chi connectivity index (χ0n) is 7.33. The molecule has 2 amide bonds. The topological polar surface area (TPSA) is 58.4 Å². The predicted molar refractivity (Wildman–Crippen MR) is 52.0 cm³/mol. The van der Waals surface area contributed by atoms with Crippen LogP contribution in [0.25, 0.3) is 0 Å². The van der Waals surface area contributed by atoms with Crippen LogP contribution in [0.2, 0.25) is 0 Å². The molecule has 1 aliphatic rings. The van der Waals surface area contributed by atoms with Crippen LogP contribution in [0.1, 0.15) is 6.92 Å². The second-order valence-electron chi connectivity index (χ2n) is 2.83. The molecular formula is C8H12ClN3O. The maximum absolute atomic E-state index is 10.5. The standard InChI is InChI=1S/C8H12ClN3O/c1-6(11-8(10)13)7-2-4-12(9)5-3-7/h2-4,6H,5H2,1H3,(H3,10,11,13)/t6-/m0/s1. The van der Waals surface area contributed by atoms with Crippen molar-refractivity contribution in [2.45, 2.75) is 13.0 Å². The van der Waals surface area contributed by atoms with Crippen molar-refractivity contribution in [1.82, 2.24) is 9.74 Å². The summed E-state index contributed by atoms with van der Waals surface area (Å²) in [6.45, 7) is 2.50. The molecule has 1 aliphatic heterocycles. The summed E-state index contributed by atoms with van der Waals surface area (Å²) in [7, 11) is 0. The molecule has 0 fully saturated rings. The van der Waals surface area contributed by atoms with E-state index in [2.05, 4.69) is 5.32 Å². The van der Waals surface area contributed by atoms with Crippen LogP contribution in [-0.4, -0.2) is 23.0 Å². The zero-order valence-corrected chi connectivity index (χ0v) is 8.08. The van der Waals surface area contributed by atoms with Gasteiger partial charge >= 0.3 is 6.03 Å². The van der Waals surface area contributed by atoms with Gasteiger partial charge in [-0.3, -0.25) is 4.42 Å². The molecule has 0 aromatic heterocycles. The zero-order chi connectivity index (χ0) is 9.84. The first-order chi connectivity index (χ1) is 6.09. The third-order valence-electron chi connectivity index (χ3n) is 1.79. The number of nitrogens with zero attached hydrogens (tertiary/aromatic N) is 1. The quantitative estimate of drug-likeness (QED) is 0.654. The molecule has 3 N–H and O–H groups in total. The van der Waals surface area contributed by atoms with E-state index in [1.54, 1.807) is 6.20 Å². The second kappa shape index (κ2) is 4.18. The minimum Gasteiger partial charge on any atom is -0.352 e. The third kappa shape index (κ3) is 2.99. The lowest BCUT2D eigenvalue weighted by Crippen LogP contribution is -2.38. The van der Waals surface area contributed by atoms with E-state index in [4.69, 9.17) is 17.5 Å². The summed E-state index contributed by atoms with van der Waals surface area (Å²) in [6.07, 6.45) is 5.53. The highest BCUT2D eigenvalue weighted by Gasteiger charge is 2.10. The number of hydrogen-bond acceptors (Lipinski definition) is 2. The van der Waals surface area contributed by atoms with E-state index in [1.165, 1.54) is 4.42 Å². The van der Waals surface area contributed by atoms with Crippen molar-refractivity contribution in [2.75, 3.05) is 6.54 Å². The third-order valence-corrected chi connectivity index (χ3v) is 2.04. The molecule has 0 saturated heterocycles. The Morgan fingerprint density at radius 1 is 1.85 bits per heavy atom. The van der Waals surface area contributed by atoms with Crippen LogP contribution in [0, 0.1) is 0 Å². The van der Waals surface area contributed by atoms with E-state index in [9.17, 15) is 4.79 Å². The van der Waals surface area contributed by atoms with E-state index in [0.717, 1.165) is 5.57 Å². The summed E-state index contributed by atoms with van der Waals surface area (Å²) in [5.41, 5.74) is 6.00. The van der Waals surface area contributed by atoms with Gasteiger partial charge in [0.2, 0.25) is 0 Å². The summed E-state index contributed by atoms with van der Waals surface area (Å²) in [6, 6.07) is -0.589. The molecule has 0 saturated carbocycles. The van der Waals surface area contributed by atoms with Gasteiger partial charge in [-0.1, -0.05) is 6.08 Å². The number of amides is 2. The average Bonchev–Trinajstić information content (AvgIpc) is 2.04. The van der Waals surface area contributed by atoms with E-state index < -0.39 is 6.03 Å². The Balaban J connectivity index is 2.53. The summed E-state index contributed by atoms with van der Waals surface area (Å²) in [5.74, 6) is 0.